The highest BCUT2D eigenvalue weighted by molar-refractivity contribution is 7.99. The van der Waals surface area contributed by atoms with E-state index in [1.54, 1.807) is 11.8 Å². The molecule has 1 N–H and O–H groups in total. The van der Waals surface area contributed by atoms with Crippen LogP contribution in [0.2, 0.25) is 0 Å². The third-order valence-corrected chi connectivity index (χ3v) is 2.27. The van der Waals surface area contributed by atoms with Crippen LogP contribution in [0.4, 0.5) is 0 Å². The van der Waals surface area contributed by atoms with Crippen molar-refractivity contribution in [2.45, 2.75) is 18.4 Å². The summed E-state index contributed by atoms with van der Waals surface area (Å²) in [5.74, 6) is 1.03. The van der Waals surface area contributed by atoms with Gasteiger partial charge in [-0.15, -0.1) is 11.8 Å². The monoisotopic (exact) mass is 170 g/mol. The van der Waals surface area contributed by atoms with Crippen LogP contribution in [-0.2, 0) is 0 Å². The first-order valence-electron chi connectivity index (χ1n) is 3.51. The maximum Gasteiger partial charge on any atom is 0.345 e. The molecule has 0 aliphatic heterocycles. The van der Waals surface area contributed by atoms with Crippen molar-refractivity contribution in [3.05, 3.63) is 22.7 Å². The van der Waals surface area contributed by atoms with Crippen LogP contribution in [0.3, 0.4) is 0 Å². The first-order valence-corrected chi connectivity index (χ1v) is 4.49. The molecule has 0 aliphatic carbocycles. The maximum atomic E-state index is 10.7. The molecular weight excluding hydrogens is 160 g/mol. The number of H-pyrrole nitrogens is 1. The normalized spacial score (nSPS) is 9.91. The fraction of sp³-hybridized carbons (Fsp3) is 0.429. The van der Waals surface area contributed by atoms with Crippen LogP contribution in [-0.4, -0.2) is 15.7 Å². The molecule has 0 aliphatic rings. The number of aromatic nitrogens is 2. The van der Waals surface area contributed by atoms with E-state index in [4.69, 9.17) is 0 Å². The van der Waals surface area contributed by atoms with E-state index >= 15 is 0 Å². The summed E-state index contributed by atoms with van der Waals surface area (Å²) in [4.78, 5) is 16.8. The lowest BCUT2D eigenvalue weighted by atomic mass is 10.6. The molecule has 0 radical (unpaired) electrons. The number of nitrogens with zero attached hydrogens (tertiary/aromatic N) is 1. The summed E-state index contributed by atoms with van der Waals surface area (Å²) >= 11 is 1.64. The summed E-state index contributed by atoms with van der Waals surface area (Å²) in [6.07, 6.45) is 2.63. The number of aromatic amines is 1. The lowest BCUT2D eigenvalue weighted by molar-refractivity contribution is 0.975. The van der Waals surface area contributed by atoms with Crippen molar-refractivity contribution >= 4 is 11.8 Å². The largest absolute Gasteiger partial charge is 0.345 e. The average molecular weight is 170 g/mol. The van der Waals surface area contributed by atoms with Gasteiger partial charge in [-0.05, 0) is 18.2 Å². The second-order valence-electron chi connectivity index (χ2n) is 2.09. The van der Waals surface area contributed by atoms with Crippen molar-refractivity contribution < 1.29 is 0 Å². The standard InChI is InChI=1S/C7H10N2OS/c1-2-5-11-6-3-4-8-7(10)9-6/h3-4H,2,5H2,1H3,(H,8,9,10). The molecule has 1 rings (SSSR count). The van der Waals surface area contributed by atoms with Crippen LogP contribution in [0.15, 0.2) is 22.1 Å². The summed E-state index contributed by atoms with van der Waals surface area (Å²) in [5.41, 5.74) is -0.272. The summed E-state index contributed by atoms with van der Waals surface area (Å²) in [6.45, 7) is 2.10. The molecule has 0 aromatic carbocycles. The van der Waals surface area contributed by atoms with E-state index in [9.17, 15) is 4.79 Å². The first kappa shape index (κ1) is 8.33. The van der Waals surface area contributed by atoms with Gasteiger partial charge in [0.2, 0.25) is 0 Å². The number of hydrogen-bond acceptors (Lipinski definition) is 3. The zero-order valence-corrected chi connectivity index (χ0v) is 7.15. The van der Waals surface area contributed by atoms with Gasteiger partial charge in [-0.2, -0.15) is 0 Å². The van der Waals surface area contributed by atoms with E-state index in [-0.39, 0.29) is 5.69 Å². The van der Waals surface area contributed by atoms with E-state index in [2.05, 4.69) is 16.9 Å². The van der Waals surface area contributed by atoms with Gasteiger partial charge in [-0.3, -0.25) is 0 Å². The van der Waals surface area contributed by atoms with Gasteiger partial charge in [0.15, 0.2) is 0 Å². The summed E-state index contributed by atoms with van der Waals surface area (Å²) in [5, 5.41) is 0.895. The lowest BCUT2D eigenvalue weighted by Crippen LogP contribution is -2.08. The molecule has 0 bridgehead atoms. The molecule has 1 aromatic heterocycles. The summed E-state index contributed by atoms with van der Waals surface area (Å²) in [7, 11) is 0. The second kappa shape index (κ2) is 4.18. The molecule has 0 saturated carbocycles. The molecule has 3 nitrogen and oxygen atoms in total. The van der Waals surface area contributed by atoms with Crippen molar-refractivity contribution in [3.8, 4) is 0 Å². The molecule has 0 fully saturated rings. The van der Waals surface area contributed by atoms with Gasteiger partial charge in [0.25, 0.3) is 0 Å². The highest BCUT2D eigenvalue weighted by atomic mass is 32.2. The van der Waals surface area contributed by atoms with Crippen LogP contribution in [0.5, 0.6) is 0 Å². The van der Waals surface area contributed by atoms with Gasteiger partial charge in [0.1, 0.15) is 0 Å². The van der Waals surface area contributed by atoms with E-state index in [0.717, 1.165) is 17.2 Å². The average Bonchev–Trinajstić information content (AvgIpc) is 2.01. The molecular formula is C7H10N2OS. The Morgan fingerprint density at radius 2 is 2.55 bits per heavy atom. The smallest absolute Gasteiger partial charge is 0.300 e. The molecule has 0 spiro atoms. The minimum atomic E-state index is -0.272. The quantitative estimate of drug-likeness (QED) is 0.549. The fourth-order valence-corrected chi connectivity index (χ4v) is 1.39. The topological polar surface area (TPSA) is 45.8 Å². The number of thioether (sulfide) groups is 1. The van der Waals surface area contributed by atoms with Crippen molar-refractivity contribution in [2.24, 2.45) is 0 Å². The molecule has 11 heavy (non-hydrogen) atoms. The Labute approximate surface area is 69.3 Å². The zero-order chi connectivity index (χ0) is 8.10. The molecule has 1 heterocycles. The maximum absolute atomic E-state index is 10.7. The SMILES string of the molecule is CCCSc1ccnc(=O)[nH]1. The predicted octanol–water partition coefficient (Wildman–Crippen LogP) is 1.27. The van der Waals surface area contributed by atoms with Gasteiger partial charge in [-0.25, -0.2) is 9.78 Å². The van der Waals surface area contributed by atoms with Gasteiger partial charge in [-0.1, -0.05) is 6.92 Å². The van der Waals surface area contributed by atoms with E-state index in [1.807, 2.05) is 6.07 Å². The molecule has 60 valence electrons. The Hall–Kier alpha value is -0.770. The fourth-order valence-electron chi connectivity index (χ4n) is 0.648. The molecule has 4 heteroatoms. The number of hydrogen-bond donors (Lipinski definition) is 1. The Kier molecular flexibility index (Phi) is 3.16. The Bertz CT molecular complexity index is 271. The van der Waals surface area contributed by atoms with Crippen LogP contribution in [0.25, 0.3) is 0 Å². The van der Waals surface area contributed by atoms with Gasteiger partial charge < -0.3 is 4.98 Å². The predicted molar refractivity (Wildman–Crippen MR) is 45.9 cm³/mol. The third kappa shape index (κ3) is 2.76. The third-order valence-electron chi connectivity index (χ3n) is 1.11. The summed E-state index contributed by atoms with van der Waals surface area (Å²) in [6, 6.07) is 1.81. The lowest BCUT2D eigenvalue weighted by Gasteiger charge is -1.95. The highest BCUT2D eigenvalue weighted by Gasteiger charge is 1.91. The Balaban J connectivity index is 2.64. The zero-order valence-electron chi connectivity index (χ0n) is 6.33. The first-order chi connectivity index (χ1) is 5.33. The Morgan fingerprint density at radius 3 is 3.18 bits per heavy atom. The molecule has 0 saturated heterocycles. The van der Waals surface area contributed by atoms with Crippen molar-refractivity contribution in [3.63, 3.8) is 0 Å². The van der Waals surface area contributed by atoms with E-state index in [0.29, 0.717) is 0 Å². The van der Waals surface area contributed by atoms with Crippen molar-refractivity contribution in [1.82, 2.24) is 9.97 Å². The highest BCUT2D eigenvalue weighted by Crippen LogP contribution is 2.12. The van der Waals surface area contributed by atoms with E-state index in [1.165, 1.54) is 6.20 Å². The van der Waals surface area contributed by atoms with Crippen molar-refractivity contribution in [2.75, 3.05) is 5.75 Å². The number of rotatable bonds is 3. The van der Waals surface area contributed by atoms with E-state index < -0.39 is 0 Å². The van der Waals surface area contributed by atoms with Crippen molar-refractivity contribution in [1.29, 1.82) is 0 Å². The van der Waals surface area contributed by atoms with Crippen LogP contribution >= 0.6 is 11.8 Å². The van der Waals surface area contributed by atoms with Crippen LogP contribution in [0, 0.1) is 0 Å². The summed E-state index contributed by atoms with van der Waals surface area (Å²) < 4.78 is 0. The van der Waals surface area contributed by atoms with Gasteiger partial charge in [0.05, 0.1) is 5.03 Å². The Morgan fingerprint density at radius 1 is 1.73 bits per heavy atom. The minimum absolute atomic E-state index is 0.272. The molecule has 0 amide bonds. The second-order valence-corrected chi connectivity index (χ2v) is 3.22. The molecule has 1 aromatic rings. The van der Waals surface area contributed by atoms with Gasteiger partial charge >= 0.3 is 5.69 Å². The van der Waals surface area contributed by atoms with Crippen LogP contribution < -0.4 is 5.69 Å². The molecule has 0 unspecified atom stereocenters. The van der Waals surface area contributed by atoms with Crippen LogP contribution in [0.1, 0.15) is 13.3 Å². The molecule has 0 atom stereocenters. The number of nitrogens with one attached hydrogen (secondary N) is 1. The minimum Gasteiger partial charge on any atom is -0.300 e. The van der Waals surface area contributed by atoms with Gasteiger partial charge in [0, 0.05) is 6.20 Å².